The Morgan fingerprint density at radius 2 is 2.12 bits per heavy atom. The average Bonchev–Trinajstić information content (AvgIpc) is 1.69. The molecule has 0 saturated heterocycles. The first-order chi connectivity index (χ1) is 3.39. The normalized spacial score (nSPS) is 7.62. The summed E-state index contributed by atoms with van der Waals surface area (Å²) in [7, 11) is 0. The van der Waals surface area contributed by atoms with Gasteiger partial charge in [-0.2, -0.15) is 30.3 Å². The van der Waals surface area contributed by atoms with Crippen LogP contribution in [0.2, 0.25) is 5.02 Å². The Hall–Kier alpha value is 0.614. The second-order valence-electron chi connectivity index (χ2n) is 1.21. The third-order valence-electron chi connectivity index (χ3n) is 0.671. The molecule has 0 aliphatic heterocycles. The van der Waals surface area contributed by atoms with Crippen LogP contribution in [-0.4, -0.2) is 0 Å². The van der Waals surface area contributed by atoms with Gasteiger partial charge < -0.3 is 0 Å². The van der Waals surface area contributed by atoms with Gasteiger partial charge in [-0.05, 0) is 0 Å². The summed E-state index contributed by atoms with van der Waals surface area (Å²) in [4.78, 5) is 0. The first-order valence-electron chi connectivity index (χ1n) is 2.02. The maximum Gasteiger partial charge on any atom is 0 e. The van der Waals surface area contributed by atoms with E-state index in [1.807, 2.05) is 12.1 Å². The van der Waals surface area contributed by atoms with Gasteiger partial charge in [-0.25, -0.2) is 0 Å². The molecule has 0 nitrogen and oxygen atoms in total. The SMILES string of the molecule is Clc1[c-]cccc1.[Y]. The summed E-state index contributed by atoms with van der Waals surface area (Å²) in [6.45, 7) is 0. The van der Waals surface area contributed by atoms with Crippen LogP contribution in [0.3, 0.4) is 0 Å². The smallest absolute Gasteiger partial charge is 0 e. The molecule has 1 aromatic rings. The monoisotopic (exact) mass is 200 g/mol. The molecule has 1 aromatic carbocycles. The van der Waals surface area contributed by atoms with Crippen molar-refractivity contribution in [3.8, 4) is 0 Å². The molecule has 0 amide bonds. The van der Waals surface area contributed by atoms with E-state index in [2.05, 4.69) is 6.07 Å². The van der Waals surface area contributed by atoms with Crippen molar-refractivity contribution in [2.45, 2.75) is 0 Å². The van der Waals surface area contributed by atoms with Crippen molar-refractivity contribution in [3.05, 3.63) is 35.4 Å². The Balaban J connectivity index is 0.000000490. The molecule has 39 valence electrons. The number of hydrogen-bond acceptors (Lipinski definition) is 0. The molecule has 1 rings (SSSR count). The standard InChI is InChI=1S/C6H4Cl.Y/c7-6-4-2-1-3-5-6;/h1-4H;/q-1;. The maximum absolute atomic E-state index is 5.48. The third kappa shape index (κ3) is 2.81. The number of hydrogen-bond donors (Lipinski definition) is 0. The maximum atomic E-state index is 5.48. The molecule has 0 atom stereocenters. The van der Waals surface area contributed by atoms with E-state index in [1.54, 1.807) is 12.1 Å². The Morgan fingerprint density at radius 1 is 1.38 bits per heavy atom. The van der Waals surface area contributed by atoms with Crippen LogP contribution in [0.25, 0.3) is 0 Å². The van der Waals surface area contributed by atoms with E-state index in [4.69, 9.17) is 11.6 Å². The molecule has 0 aromatic heterocycles. The summed E-state index contributed by atoms with van der Waals surface area (Å²) < 4.78 is 0. The molecule has 1 radical (unpaired) electrons. The van der Waals surface area contributed by atoms with Gasteiger partial charge in [0.15, 0.2) is 0 Å². The largest absolute Gasteiger partial charge is 0.176 e. The van der Waals surface area contributed by atoms with Crippen molar-refractivity contribution < 1.29 is 32.7 Å². The fraction of sp³-hybridized carbons (Fsp3) is 0. The minimum Gasteiger partial charge on any atom is -0.176 e. The molecule has 0 unspecified atom stereocenters. The Labute approximate surface area is 79.1 Å². The fourth-order valence-corrected chi connectivity index (χ4v) is 0.507. The molecule has 0 spiro atoms. The van der Waals surface area contributed by atoms with Gasteiger partial charge in [-0.1, -0.05) is 5.02 Å². The van der Waals surface area contributed by atoms with Crippen molar-refractivity contribution in [1.82, 2.24) is 0 Å². The molecular formula is C6H4ClY-. The van der Waals surface area contributed by atoms with Crippen molar-refractivity contribution in [2.24, 2.45) is 0 Å². The molecule has 2 heteroatoms. The zero-order chi connectivity index (χ0) is 5.11. The van der Waals surface area contributed by atoms with Gasteiger partial charge in [0.05, 0.1) is 0 Å². The van der Waals surface area contributed by atoms with E-state index in [0.717, 1.165) is 0 Å². The minimum atomic E-state index is 0. The molecule has 0 aliphatic rings. The Bertz CT molecular complexity index is 138. The zero-order valence-electron chi connectivity index (χ0n) is 4.26. The van der Waals surface area contributed by atoms with Gasteiger partial charge in [0.25, 0.3) is 0 Å². The molecule has 0 N–H and O–H groups in total. The second kappa shape index (κ2) is 4.49. The average molecular weight is 200 g/mol. The summed E-state index contributed by atoms with van der Waals surface area (Å²) in [6, 6.07) is 10.1. The third-order valence-corrected chi connectivity index (χ3v) is 0.906. The van der Waals surface area contributed by atoms with Gasteiger partial charge in [0.1, 0.15) is 0 Å². The number of rotatable bonds is 0. The summed E-state index contributed by atoms with van der Waals surface area (Å²) in [6.07, 6.45) is 0. The molecule has 8 heavy (non-hydrogen) atoms. The summed E-state index contributed by atoms with van der Waals surface area (Å²) in [5.41, 5.74) is 0. The van der Waals surface area contributed by atoms with E-state index >= 15 is 0 Å². The van der Waals surface area contributed by atoms with E-state index < -0.39 is 0 Å². The van der Waals surface area contributed by atoms with Crippen LogP contribution in [0.5, 0.6) is 0 Å². The quantitative estimate of drug-likeness (QED) is 0.563. The van der Waals surface area contributed by atoms with Crippen LogP contribution in [0, 0.1) is 6.07 Å². The molecule has 0 heterocycles. The van der Waals surface area contributed by atoms with Gasteiger partial charge in [0.2, 0.25) is 0 Å². The van der Waals surface area contributed by atoms with Crippen LogP contribution in [0.1, 0.15) is 0 Å². The fourth-order valence-electron chi connectivity index (χ4n) is 0.371. The molecule has 0 bridgehead atoms. The number of halogens is 1. The number of benzene rings is 1. The van der Waals surface area contributed by atoms with E-state index in [-0.39, 0.29) is 32.7 Å². The summed E-state index contributed by atoms with van der Waals surface area (Å²) >= 11 is 5.48. The van der Waals surface area contributed by atoms with E-state index in [0.29, 0.717) is 5.02 Å². The first kappa shape index (κ1) is 8.61. The van der Waals surface area contributed by atoms with Crippen LogP contribution >= 0.6 is 11.6 Å². The van der Waals surface area contributed by atoms with Gasteiger partial charge in [-0.15, -0.1) is 11.6 Å². The van der Waals surface area contributed by atoms with Crippen LogP contribution in [0.15, 0.2) is 24.3 Å². The van der Waals surface area contributed by atoms with Crippen LogP contribution in [0.4, 0.5) is 0 Å². The van der Waals surface area contributed by atoms with Crippen LogP contribution < -0.4 is 0 Å². The van der Waals surface area contributed by atoms with E-state index in [9.17, 15) is 0 Å². The van der Waals surface area contributed by atoms with E-state index in [1.165, 1.54) is 0 Å². The van der Waals surface area contributed by atoms with Crippen molar-refractivity contribution in [2.75, 3.05) is 0 Å². The van der Waals surface area contributed by atoms with Crippen molar-refractivity contribution in [1.29, 1.82) is 0 Å². The zero-order valence-corrected chi connectivity index (χ0v) is 7.86. The molecule has 0 saturated carbocycles. The van der Waals surface area contributed by atoms with Gasteiger partial charge in [0, 0.05) is 32.7 Å². The summed E-state index contributed by atoms with van der Waals surface area (Å²) in [5.74, 6) is 0. The first-order valence-corrected chi connectivity index (χ1v) is 2.39. The summed E-state index contributed by atoms with van der Waals surface area (Å²) in [5, 5.41) is 0.669. The molecular weight excluding hydrogens is 196 g/mol. The second-order valence-corrected chi connectivity index (χ2v) is 1.62. The minimum absolute atomic E-state index is 0. The van der Waals surface area contributed by atoms with Crippen molar-refractivity contribution >= 4 is 11.6 Å². The van der Waals surface area contributed by atoms with Gasteiger partial charge >= 0.3 is 0 Å². The Morgan fingerprint density at radius 3 is 2.38 bits per heavy atom. The van der Waals surface area contributed by atoms with Crippen LogP contribution in [-0.2, 0) is 32.7 Å². The van der Waals surface area contributed by atoms with Crippen molar-refractivity contribution in [3.63, 3.8) is 0 Å². The van der Waals surface area contributed by atoms with Gasteiger partial charge in [-0.3, -0.25) is 0 Å². The molecule has 0 aliphatic carbocycles. The topological polar surface area (TPSA) is 0 Å². The predicted molar refractivity (Wildman–Crippen MR) is 30.3 cm³/mol. The Kier molecular flexibility index (Phi) is 4.83. The predicted octanol–water partition coefficient (Wildman–Crippen LogP) is 2.14. The molecule has 0 fully saturated rings.